The van der Waals surface area contributed by atoms with E-state index in [0.717, 1.165) is 25.3 Å². The zero-order chi connectivity index (χ0) is 38.4. The number of hydrogen-bond donors (Lipinski definition) is 1. The van der Waals surface area contributed by atoms with Crippen molar-refractivity contribution in [2.75, 3.05) is 32.3 Å². The third kappa shape index (κ3) is 9.78. The van der Waals surface area contributed by atoms with Crippen molar-refractivity contribution in [1.82, 2.24) is 9.97 Å². The minimum Gasteiger partial charge on any atom is -0.496 e. The SMILES string of the molecule is COc1cc(F)c(C(C)C)cc1C1=CC(C(F)(F)F)C(OC)C=C1CN(Cc1cc(C#N)cc(C(F)(F)F)c1)c1ncc(OCCCC(=O)O)cn1. The molecule has 1 aliphatic rings. The number of aliphatic carboxylic acids is 1. The molecule has 2 aromatic carbocycles. The number of rotatable bonds is 14. The number of ether oxygens (including phenoxy) is 3. The Hall–Kier alpha value is -5.17. The van der Waals surface area contributed by atoms with Crippen molar-refractivity contribution in [1.29, 1.82) is 5.26 Å². The van der Waals surface area contributed by atoms with Gasteiger partial charge >= 0.3 is 18.3 Å². The number of benzene rings is 2. The van der Waals surface area contributed by atoms with Gasteiger partial charge in [0.2, 0.25) is 5.95 Å². The summed E-state index contributed by atoms with van der Waals surface area (Å²) in [7, 11) is 2.35. The van der Waals surface area contributed by atoms with Crippen molar-refractivity contribution in [3.63, 3.8) is 0 Å². The average Bonchev–Trinajstić information content (AvgIpc) is 3.08. The smallest absolute Gasteiger partial charge is 0.416 e. The molecule has 0 radical (unpaired) electrons. The van der Waals surface area contributed by atoms with Gasteiger partial charge in [0.1, 0.15) is 17.5 Å². The number of methoxy groups -OCH3 is 2. The average molecular weight is 737 g/mol. The Morgan fingerprint density at radius 2 is 1.71 bits per heavy atom. The number of carbonyl (C=O) groups is 1. The summed E-state index contributed by atoms with van der Waals surface area (Å²) in [5.41, 5.74) is -0.784. The lowest BCUT2D eigenvalue weighted by molar-refractivity contribution is -0.182. The lowest BCUT2D eigenvalue weighted by atomic mass is 9.82. The van der Waals surface area contributed by atoms with Gasteiger partial charge in [-0.15, -0.1) is 0 Å². The minimum absolute atomic E-state index is 0.0134. The minimum atomic E-state index is -4.80. The van der Waals surface area contributed by atoms with E-state index in [9.17, 15) is 36.4 Å². The second-order valence-electron chi connectivity index (χ2n) is 12.2. The lowest BCUT2D eigenvalue weighted by Crippen LogP contribution is -2.37. The molecule has 278 valence electrons. The monoisotopic (exact) mass is 736 g/mol. The molecule has 4 rings (SSSR count). The number of nitrogens with zero attached hydrogens (tertiary/aromatic N) is 4. The molecule has 0 amide bonds. The van der Waals surface area contributed by atoms with Gasteiger partial charge in [0.15, 0.2) is 5.75 Å². The molecule has 0 spiro atoms. The molecular weight excluding hydrogens is 701 g/mol. The van der Waals surface area contributed by atoms with Crippen LogP contribution in [0.25, 0.3) is 5.57 Å². The molecule has 2 unspecified atom stereocenters. The number of alkyl halides is 6. The van der Waals surface area contributed by atoms with Crippen molar-refractivity contribution in [3.05, 3.63) is 94.1 Å². The third-order valence-electron chi connectivity index (χ3n) is 8.18. The van der Waals surface area contributed by atoms with Crippen molar-refractivity contribution >= 4 is 17.5 Å². The third-order valence-corrected chi connectivity index (χ3v) is 8.18. The predicted molar refractivity (Wildman–Crippen MR) is 175 cm³/mol. The van der Waals surface area contributed by atoms with Gasteiger partial charge in [0.05, 0.1) is 49.4 Å². The van der Waals surface area contributed by atoms with Crippen molar-refractivity contribution in [2.45, 2.75) is 57.6 Å². The molecule has 16 heteroatoms. The van der Waals surface area contributed by atoms with Crippen LogP contribution in [0.2, 0.25) is 0 Å². The van der Waals surface area contributed by atoms with Crippen LogP contribution in [0, 0.1) is 23.1 Å². The first-order valence-electron chi connectivity index (χ1n) is 15.9. The van der Waals surface area contributed by atoms with E-state index in [1.54, 1.807) is 19.9 Å². The molecule has 0 aliphatic heterocycles. The first-order chi connectivity index (χ1) is 24.4. The van der Waals surface area contributed by atoms with Crippen LogP contribution >= 0.6 is 0 Å². The maximum atomic E-state index is 15.1. The molecule has 52 heavy (non-hydrogen) atoms. The van der Waals surface area contributed by atoms with Gasteiger partial charge in [0, 0.05) is 38.2 Å². The highest BCUT2D eigenvalue weighted by Gasteiger charge is 2.45. The topological polar surface area (TPSA) is 118 Å². The van der Waals surface area contributed by atoms with E-state index in [-0.39, 0.29) is 89.3 Å². The first-order valence-corrected chi connectivity index (χ1v) is 15.9. The van der Waals surface area contributed by atoms with Gasteiger partial charge in [0.25, 0.3) is 0 Å². The van der Waals surface area contributed by atoms with E-state index >= 15 is 4.39 Å². The van der Waals surface area contributed by atoms with Gasteiger partial charge in [-0.05, 0) is 65.0 Å². The maximum absolute atomic E-state index is 15.1. The van der Waals surface area contributed by atoms with Crippen LogP contribution in [0.5, 0.6) is 11.5 Å². The molecule has 1 aliphatic carbocycles. The van der Waals surface area contributed by atoms with Crippen LogP contribution in [0.3, 0.4) is 0 Å². The van der Waals surface area contributed by atoms with Crippen molar-refractivity contribution in [3.8, 4) is 17.6 Å². The zero-order valence-corrected chi connectivity index (χ0v) is 28.5. The summed E-state index contributed by atoms with van der Waals surface area (Å²) in [6.45, 7) is 2.80. The van der Waals surface area contributed by atoms with Gasteiger partial charge in [-0.1, -0.05) is 19.9 Å². The molecule has 2 atom stereocenters. The zero-order valence-electron chi connectivity index (χ0n) is 28.5. The Balaban J connectivity index is 1.86. The summed E-state index contributed by atoms with van der Waals surface area (Å²) in [6, 6.07) is 6.97. The molecule has 0 bridgehead atoms. The van der Waals surface area contributed by atoms with Crippen LogP contribution in [0.15, 0.2) is 60.5 Å². The standard InChI is InChI=1S/C36H35F7N4O5/c1-20(2)26-12-28(31(50-3)14-30(26)37)27-13-29(36(41,42)43)32(51-4)11-23(27)19-47(18-22-8-21(15-44)9-24(10-22)35(38,39)40)34-45-16-25(17-46-34)52-7-5-6-33(48)49/h8-14,16-17,20,29,32H,5-7,18-19H2,1-4H3,(H,48,49). The summed E-state index contributed by atoms with van der Waals surface area (Å²) in [5.74, 6) is -4.11. The van der Waals surface area contributed by atoms with Crippen LogP contribution in [-0.2, 0) is 22.3 Å². The predicted octanol–water partition coefficient (Wildman–Crippen LogP) is 8.11. The summed E-state index contributed by atoms with van der Waals surface area (Å²) in [6.07, 6.45) is -6.33. The summed E-state index contributed by atoms with van der Waals surface area (Å²) in [5, 5.41) is 18.3. The number of halogens is 7. The van der Waals surface area contributed by atoms with Gasteiger partial charge in [-0.25, -0.2) is 14.4 Å². The lowest BCUT2D eigenvalue weighted by Gasteiger charge is -2.33. The number of aromatic nitrogens is 2. The largest absolute Gasteiger partial charge is 0.496 e. The molecule has 0 fully saturated rings. The second kappa shape index (κ2) is 16.4. The highest BCUT2D eigenvalue weighted by molar-refractivity contribution is 5.85. The molecule has 1 N–H and O–H groups in total. The Kier molecular flexibility index (Phi) is 12.5. The van der Waals surface area contributed by atoms with E-state index in [1.807, 2.05) is 0 Å². The summed E-state index contributed by atoms with van der Waals surface area (Å²) in [4.78, 5) is 20.8. The maximum Gasteiger partial charge on any atom is 0.416 e. The number of hydrogen-bond acceptors (Lipinski definition) is 8. The Morgan fingerprint density at radius 3 is 2.27 bits per heavy atom. The van der Waals surface area contributed by atoms with Crippen LogP contribution in [-0.4, -0.2) is 60.7 Å². The summed E-state index contributed by atoms with van der Waals surface area (Å²) >= 11 is 0. The molecule has 1 aromatic heterocycles. The Bertz CT molecular complexity index is 1850. The van der Waals surface area contributed by atoms with Gasteiger partial charge < -0.3 is 24.2 Å². The van der Waals surface area contributed by atoms with E-state index in [1.165, 1.54) is 42.6 Å². The highest BCUT2D eigenvalue weighted by atomic mass is 19.4. The first kappa shape index (κ1) is 39.6. The van der Waals surface area contributed by atoms with E-state index in [0.29, 0.717) is 6.07 Å². The van der Waals surface area contributed by atoms with Crippen LogP contribution < -0.4 is 14.4 Å². The summed E-state index contributed by atoms with van der Waals surface area (Å²) < 4.78 is 116. The number of nitriles is 1. The van der Waals surface area contributed by atoms with Crippen LogP contribution in [0.4, 0.5) is 36.7 Å². The second-order valence-corrected chi connectivity index (χ2v) is 12.2. The fourth-order valence-corrected chi connectivity index (χ4v) is 5.66. The van der Waals surface area contributed by atoms with Gasteiger partial charge in [-0.2, -0.15) is 31.6 Å². The molecule has 3 aromatic rings. The molecule has 0 saturated heterocycles. The number of carboxylic acid groups (broad SMARTS) is 1. The van der Waals surface area contributed by atoms with Gasteiger partial charge in [-0.3, -0.25) is 4.79 Å². The normalized spacial score (nSPS) is 16.2. The number of anilines is 1. The number of carboxylic acids is 1. The molecule has 0 saturated carbocycles. The fraction of sp³-hybridized carbons (Fsp3) is 0.389. The molecular formula is C36H35F7N4O5. The van der Waals surface area contributed by atoms with Crippen molar-refractivity contribution < 1.29 is 54.8 Å². The fourth-order valence-electron chi connectivity index (χ4n) is 5.66. The Labute approximate surface area is 295 Å². The van der Waals surface area contributed by atoms with E-state index in [4.69, 9.17) is 19.3 Å². The molecule has 9 nitrogen and oxygen atoms in total. The van der Waals surface area contributed by atoms with E-state index in [2.05, 4.69) is 9.97 Å². The molecule has 1 heterocycles. The quantitative estimate of drug-likeness (QED) is 0.129. The van der Waals surface area contributed by atoms with Crippen LogP contribution in [0.1, 0.15) is 60.4 Å². The van der Waals surface area contributed by atoms with E-state index < -0.39 is 41.7 Å². The Morgan fingerprint density at radius 1 is 1.02 bits per heavy atom. The highest BCUT2D eigenvalue weighted by Crippen LogP contribution is 2.44. The van der Waals surface area contributed by atoms with Crippen molar-refractivity contribution in [2.24, 2.45) is 5.92 Å².